The number of phenols is 1. The number of halogens is 2. The molecule has 0 atom stereocenters. The van der Waals surface area contributed by atoms with E-state index >= 15 is 0 Å². The Morgan fingerprint density at radius 1 is 1.33 bits per heavy atom. The lowest BCUT2D eigenvalue weighted by atomic mass is 9.93. The number of hydrogen-bond acceptors (Lipinski definition) is 2. The Morgan fingerprint density at radius 3 is 2.62 bits per heavy atom. The zero-order valence-electron chi connectivity index (χ0n) is 11.5. The lowest BCUT2D eigenvalue weighted by Crippen LogP contribution is -2.14. The van der Waals surface area contributed by atoms with Crippen molar-refractivity contribution in [1.29, 1.82) is 0 Å². The van der Waals surface area contributed by atoms with E-state index in [-0.39, 0.29) is 16.9 Å². The van der Waals surface area contributed by atoms with Crippen molar-refractivity contribution in [1.82, 2.24) is 0 Å². The summed E-state index contributed by atoms with van der Waals surface area (Å²) in [4.78, 5) is 11.3. The summed E-state index contributed by atoms with van der Waals surface area (Å²) in [7, 11) is 0. The van der Waals surface area contributed by atoms with Crippen LogP contribution in [-0.2, 0) is 6.42 Å². The number of aromatic hydroxyl groups is 1. The minimum atomic E-state index is -0.842. The van der Waals surface area contributed by atoms with Gasteiger partial charge in [0.25, 0.3) is 5.91 Å². The minimum Gasteiger partial charge on any atom is -0.507 e. The van der Waals surface area contributed by atoms with E-state index in [1.165, 1.54) is 18.2 Å². The quantitative estimate of drug-likeness (QED) is 0.899. The van der Waals surface area contributed by atoms with E-state index in [4.69, 9.17) is 17.3 Å². The number of benzene rings is 2. The van der Waals surface area contributed by atoms with Crippen LogP contribution >= 0.6 is 11.6 Å². The third kappa shape index (κ3) is 3.00. The summed E-state index contributed by atoms with van der Waals surface area (Å²) in [6, 6.07) is 7.46. The zero-order valence-corrected chi connectivity index (χ0v) is 12.2. The van der Waals surface area contributed by atoms with E-state index in [9.17, 15) is 14.3 Å². The Hall–Kier alpha value is -2.07. The van der Waals surface area contributed by atoms with Gasteiger partial charge in [0.05, 0.1) is 5.56 Å². The Labute approximate surface area is 127 Å². The van der Waals surface area contributed by atoms with Crippen LogP contribution in [0.2, 0.25) is 5.02 Å². The van der Waals surface area contributed by atoms with Crippen LogP contribution in [0.1, 0.15) is 29.3 Å². The van der Waals surface area contributed by atoms with Crippen molar-refractivity contribution in [2.24, 2.45) is 5.73 Å². The predicted octanol–water partition coefficient (Wildman–Crippen LogP) is 3.90. The van der Waals surface area contributed by atoms with Gasteiger partial charge in [0.15, 0.2) is 0 Å². The van der Waals surface area contributed by atoms with Gasteiger partial charge in [0.2, 0.25) is 0 Å². The Kier molecular flexibility index (Phi) is 4.48. The molecule has 21 heavy (non-hydrogen) atoms. The molecule has 0 bridgehead atoms. The first-order valence-electron chi connectivity index (χ1n) is 6.55. The third-order valence-electron chi connectivity index (χ3n) is 3.24. The van der Waals surface area contributed by atoms with Crippen LogP contribution in [0, 0.1) is 5.82 Å². The first kappa shape index (κ1) is 15.3. The van der Waals surface area contributed by atoms with Crippen molar-refractivity contribution in [2.45, 2.75) is 19.8 Å². The molecular weight excluding hydrogens is 293 g/mol. The number of carbonyl (C=O) groups is 1. The third-order valence-corrected chi connectivity index (χ3v) is 3.48. The molecule has 0 spiro atoms. The highest BCUT2D eigenvalue weighted by Crippen LogP contribution is 2.37. The normalized spacial score (nSPS) is 10.6. The molecule has 0 saturated carbocycles. The van der Waals surface area contributed by atoms with Crippen molar-refractivity contribution < 1.29 is 14.3 Å². The van der Waals surface area contributed by atoms with Crippen LogP contribution in [0.25, 0.3) is 11.1 Å². The molecule has 0 aromatic heterocycles. The molecule has 5 heteroatoms. The Balaban J connectivity index is 2.74. The summed E-state index contributed by atoms with van der Waals surface area (Å²) in [5.41, 5.74) is 6.19. The molecule has 2 rings (SSSR count). The van der Waals surface area contributed by atoms with Crippen LogP contribution in [0.5, 0.6) is 5.75 Å². The molecule has 0 unspecified atom stereocenters. The molecule has 1 amide bonds. The van der Waals surface area contributed by atoms with Gasteiger partial charge in [-0.1, -0.05) is 31.0 Å². The summed E-state index contributed by atoms with van der Waals surface area (Å²) in [5, 5.41) is 10.4. The Morgan fingerprint density at radius 2 is 2.05 bits per heavy atom. The van der Waals surface area contributed by atoms with Gasteiger partial charge in [-0.25, -0.2) is 4.39 Å². The molecule has 3 N–H and O–H groups in total. The van der Waals surface area contributed by atoms with Gasteiger partial charge < -0.3 is 10.8 Å². The molecule has 0 fully saturated rings. The molecular formula is C16H15ClFNO2. The fourth-order valence-corrected chi connectivity index (χ4v) is 2.46. The van der Waals surface area contributed by atoms with E-state index in [1.54, 1.807) is 12.1 Å². The number of carbonyl (C=O) groups excluding carboxylic acids is 1. The van der Waals surface area contributed by atoms with Gasteiger partial charge in [0, 0.05) is 16.1 Å². The van der Waals surface area contributed by atoms with Crippen LogP contribution in [-0.4, -0.2) is 11.0 Å². The number of amides is 1. The van der Waals surface area contributed by atoms with Gasteiger partial charge >= 0.3 is 0 Å². The number of nitrogens with two attached hydrogens (primary N) is 1. The summed E-state index contributed by atoms with van der Waals surface area (Å²) in [6.45, 7) is 1.96. The van der Waals surface area contributed by atoms with Gasteiger partial charge in [-0.2, -0.15) is 0 Å². The first-order valence-corrected chi connectivity index (χ1v) is 6.93. The van der Waals surface area contributed by atoms with Crippen LogP contribution in [0.15, 0.2) is 30.3 Å². The predicted molar refractivity (Wildman–Crippen MR) is 81.0 cm³/mol. The van der Waals surface area contributed by atoms with E-state index in [0.717, 1.165) is 6.42 Å². The maximum Gasteiger partial charge on any atom is 0.251 e. The molecule has 0 saturated heterocycles. The second kappa shape index (κ2) is 6.14. The number of primary amides is 1. The lowest BCUT2D eigenvalue weighted by Gasteiger charge is -2.14. The topological polar surface area (TPSA) is 63.3 Å². The van der Waals surface area contributed by atoms with Crippen LogP contribution < -0.4 is 5.73 Å². The van der Waals surface area contributed by atoms with E-state index in [2.05, 4.69) is 0 Å². The second-order valence-corrected chi connectivity index (χ2v) is 5.17. The van der Waals surface area contributed by atoms with E-state index < -0.39 is 11.7 Å². The summed E-state index contributed by atoms with van der Waals surface area (Å²) >= 11 is 5.80. The summed E-state index contributed by atoms with van der Waals surface area (Å²) in [5.74, 6) is -1.70. The molecule has 2 aromatic carbocycles. The van der Waals surface area contributed by atoms with Crippen molar-refractivity contribution in [3.8, 4) is 16.9 Å². The first-order chi connectivity index (χ1) is 9.95. The fourth-order valence-electron chi connectivity index (χ4n) is 2.29. The second-order valence-electron chi connectivity index (χ2n) is 4.74. The smallest absolute Gasteiger partial charge is 0.251 e. The number of rotatable bonds is 4. The number of phenolic OH excluding ortho intramolecular Hbond substituents is 1. The average Bonchev–Trinajstić information content (AvgIpc) is 2.40. The van der Waals surface area contributed by atoms with Gasteiger partial charge in [0.1, 0.15) is 11.6 Å². The highest BCUT2D eigenvalue weighted by atomic mass is 35.5. The van der Waals surface area contributed by atoms with Crippen molar-refractivity contribution in [3.05, 3.63) is 52.3 Å². The van der Waals surface area contributed by atoms with Crippen LogP contribution in [0.3, 0.4) is 0 Å². The molecule has 0 radical (unpaired) electrons. The molecule has 0 heterocycles. The largest absolute Gasteiger partial charge is 0.507 e. The molecule has 110 valence electrons. The monoisotopic (exact) mass is 307 g/mol. The van der Waals surface area contributed by atoms with Crippen LogP contribution in [0.4, 0.5) is 4.39 Å². The number of aryl methyl sites for hydroxylation is 1. The SMILES string of the molecule is CCCc1ccc(C(N)=O)c(F)c1-c1ccc(Cl)cc1O. The standard InChI is InChI=1S/C16H15ClFNO2/c1-2-3-9-4-6-12(16(19)21)15(18)14(9)11-7-5-10(17)8-13(11)20/h4-8,20H,2-3H2,1H3,(H2,19,21). The van der Waals surface area contributed by atoms with Crippen molar-refractivity contribution in [3.63, 3.8) is 0 Å². The van der Waals surface area contributed by atoms with E-state index in [0.29, 0.717) is 22.6 Å². The summed E-state index contributed by atoms with van der Waals surface area (Å²) < 4.78 is 14.6. The number of hydrogen-bond donors (Lipinski definition) is 2. The minimum absolute atomic E-state index is 0.139. The maximum absolute atomic E-state index is 14.6. The molecule has 2 aromatic rings. The van der Waals surface area contributed by atoms with Gasteiger partial charge in [-0.05, 0) is 36.2 Å². The average molecular weight is 308 g/mol. The van der Waals surface area contributed by atoms with E-state index in [1.807, 2.05) is 6.92 Å². The Bertz CT molecular complexity index is 701. The zero-order chi connectivity index (χ0) is 15.6. The maximum atomic E-state index is 14.6. The van der Waals surface area contributed by atoms with Gasteiger partial charge in [-0.15, -0.1) is 0 Å². The lowest BCUT2D eigenvalue weighted by molar-refractivity contribution is 0.0996. The van der Waals surface area contributed by atoms with Gasteiger partial charge in [-0.3, -0.25) is 4.79 Å². The highest BCUT2D eigenvalue weighted by Gasteiger charge is 2.20. The van der Waals surface area contributed by atoms with Crippen molar-refractivity contribution >= 4 is 17.5 Å². The molecule has 0 aliphatic carbocycles. The fraction of sp³-hybridized carbons (Fsp3) is 0.188. The highest BCUT2D eigenvalue weighted by molar-refractivity contribution is 6.30. The molecule has 3 nitrogen and oxygen atoms in total. The molecule has 0 aliphatic rings. The molecule has 0 aliphatic heterocycles. The van der Waals surface area contributed by atoms with Crippen molar-refractivity contribution in [2.75, 3.05) is 0 Å². The summed E-state index contributed by atoms with van der Waals surface area (Å²) in [6.07, 6.45) is 1.42.